The molecule has 8 heteroatoms. The second kappa shape index (κ2) is 8.11. The van der Waals surface area contributed by atoms with Crippen LogP contribution in [0.25, 0.3) is 16.7 Å². The molecule has 0 unspecified atom stereocenters. The number of carbonyl (C=O) groups is 1. The lowest BCUT2D eigenvalue weighted by atomic mass is 10.1. The number of rotatable bonds is 7. The van der Waals surface area contributed by atoms with Gasteiger partial charge in [0.1, 0.15) is 11.2 Å². The van der Waals surface area contributed by atoms with E-state index in [0.29, 0.717) is 29.2 Å². The summed E-state index contributed by atoms with van der Waals surface area (Å²) >= 11 is 0. The molecule has 3 aromatic rings. The van der Waals surface area contributed by atoms with Crippen molar-refractivity contribution >= 4 is 16.9 Å². The highest BCUT2D eigenvalue weighted by Crippen LogP contribution is 2.14. The molecule has 0 spiro atoms. The fraction of sp³-hybridized carbons (Fsp3) is 0.368. The highest BCUT2D eigenvalue weighted by atomic mass is 19.1. The van der Waals surface area contributed by atoms with E-state index in [2.05, 4.69) is 29.2 Å². The maximum absolute atomic E-state index is 13.1. The van der Waals surface area contributed by atoms with E-state index in [9.17, 15) is 14.0 Å². The number of amides is 1. The molecule has 0 aliphatic rings. The molecule has 0 aliphatic heterocycles. The first-order chi connectivity index (χ1) is 13.0. The van der Waals surface area contributed by atoms with Crippen LogP contribution in [0.3, 0.4) is 0 Å². The quantitative estimate of drug-likeness (QED) is 0.691. The van der Waals surface area contributed by atoms with E-state index in [-0.39, 0.29) is 30.2 Å². The Hall–Kier alpha value is -3.03. The van der Waals surface area contributed by atoms with Crippen molar-refractivity contribution in [2.75, 3.05) is 6.54 Å². The van der Waals surface area contributed by atoms with Gasteiger partial charge >= 0.3 is 0 Å². The molecule has 0 bridgehead atoms. The first-order valence-electron chi connectivity index (χ1n) is 8.91. The van der Waals surface area contributed by atoms with Gasteiger partial charge < -0.3 is 5.32 Å². The van der Waals surface area contributed by atoms with Crippen LogP contribution in [0.15, 0.2) is 41.6 Å². The molecular weight excluding hydrogens is 349 g/mol. The highest BCUT2D eigenvalue weighted by molar-refractivity contribution is 5.76. The largest absolute Gasteiger partial charge is 0.356 e. The molecule has 27 heavy (non-hydrogen) atoms. The number of carbonyl (C=O) groups excluding carboxylic acids is 1. The van der Waals surface area contributed by atoms with Crippen molar-refractivity contribution in [3.05, 3.63) is 53.0 Å². The zero-order valence-corrected chi connectivity index (χ0v) is 15.4. The van der Waals surface area contributed by atoms with Gasteiger partial charge in [-0.15, -0.1) is 0 Å². The Morgan fingerprint density at radius 1 is 1.26 bits per heavy atom. The third-order valence-electron chi connectivity index (χ3n) is 4.25. The van der Waals surface area contributed by atoms with E-state index in [4.69, 9.17) is 0 Å². The molecule has 142 valence electrons. The van der Waals surface area contributed by atoms with Crippen molar-refractivity contribution in [2.24, 2.45) is 5.92 Å². The Morgan fingerprint density at radius 3 is 2.70 bits per heavy atom. The van der Waals surface area contributed by atoms with Gasteiger partial charge in [-0.1, -0.05) is 13.8 Å². The van der Waals surface area contributed by atoms with Gasteiger partial charge in [0.25, 0.3) is 5.56 Å². The summed E-state index contributed by atoms with van der Waals surface area (Å²) in [4.78, 5) is 28.8. The molecule has 7 nitrogen and oxygen atoms in total. The number of halogens is 1. The summed E-state index contributed by atoms with van der Waals surface area (Å²) in [6, 6.07) is 5.77. The molecule has 1 aromatic carbocycles. The zero-order valence-electron chi connectivity index (χ0n) is 15.4. The van der Waals surface area contributed by atoms with Gasteiger partial charge in [0, 0.05) is 19.5 Å². The van der Waals surface area contributed by atoms with E-state index < -0.39 is 0 Å². The predicted molar refractivity (Wildman–Crippen MR) is 100 cm³/mol. The normalized spacial score (nSPS) is 11.3. The molecule has 0 aliphatic carbocycles. The molecular formula is C19H22FN5O2. The fourth-order valence-electron chi connectivity index (χ4n) is 2.69. The Bertz CT molecular complexity index is 991. The summed E-state index contributed by atoms with van der Waals surface area (Å²) in [5.41, 5.74) is 0.744. The molecule has 1 N–H and O–H groups in total. The van der Waals surface area contributed by atoms with Crippen LogP contribution in [0.2, 0.25) is 0 Å². The van der Waals surface area contributed by atoms with E-state index in [1.54, 1.807) is 12.1 Å². The summed E-state index contributed by atoms with van der Waals surface area (Å²) < 4.78 is 16.0. The van der Waals surface area contributed by atoms with Crippen molar-refractivity contribution in [3.63, 3.8) is 0 Å². The van der Waals surface area contributed by atoms with Crippen LogP contribution < -0.4 is 10.9 Å². The lowest BCUT2D eigenvalue weighted by Gasteiger charge is -2.08. The van der Waals surface area contributed by atoms with E-state index >= 15 is 0 Å². The number of hydrogen-bond acceptors (Lipinski definition) is 4. The van der Waals surface area contributed by atoms with Gasteiger partial charge in [-0.25, -0.2) is 14.1 Å². The average molecular weight is 371 g/mol. The van der Waals surface area contributed by atoms with Gasteiger partial charge in [0.15, 0.2) is 5.65 Å². The number of nitrogens with zero attached hydrogens (tertiary/aromatic N) is 4. The van der Waals surface area contributed by atoms with Crippen molar-refractivity contribution in [1.82, 2.24) is 24.6 Å². The van der Waals surface area contributed by atoms with Gasteiger partial charge in [-0.2, -0.15) is 5.10 Å². The number of fused-ring (bicyclic) bond motifs is 1. The van der Waals surface area contributed by atoms with Gasteiger partial charge in [-0.05, 0) is 36.6 Å². The summed E-state index contributed by atoms with van der Waals surface area (Å²) in [6.45, 7) is 5.07. The summed E-state index contributed by atoms with van der Waals surface area (Å²) in [5.74, 6) is 0.0824. The zero-order chi connectivity index (χ0) is 19.4. The molecule has 0 radical (unpaired) electrons. The van der Waals surface area contributed by atoms with Crippen LogP contribution in [0, 0.1) is 11.7 Å². The summed E-state index contributed by atoms with van der Waals surface area (Å²) in [5, 5.41) is 7.39. The molecule has 2 heterocycles. The molecule has 1 amide bonds. The van der Waals surface area contributed by atoms with Crippen LogP contribution in [0.4, 0.5) is 4.39 Å². The minimum atomic E-state index is -0.350. The van der Waals surface area contributed by atoms with Gasteiger partial charge in [0.05, 0.1) is 18.2 Å². The topological polar surface area (TPSA) is 81.8 Å². The minimum absolute atomic E-state index is 0.0929. The molecule has 0 saturated heterocycles. The monoisotopic (exact) mass is 371 g/mol. The standard InChI is InChI=1S/C19H22FN5O2/c1-13(2)7-9-21-17(26)8-10-24-12-22-18-16(19(24)27)11-23-25(18)15-5-3-14(20)4-6-15/h3-6,11-13H,7-10H2,1-2H3,(H,21,26). The average Bonchev–Trinajstić information content (AvgIpc) is 3.06. The Kier molecular flexibility index (Phi) is 5.63. The number of aryl methyl sites for hydroxylation is 1. The van der Waals surface area contributed by atoms with Crippen LogP contribution in [-0.4, -0.2) is 31.8 Å². The van der Waals surface area contributed by atoms with E-state index in [0.717, 1.165) is 6.42 Å². The van der Waals surface area contributed by atoms with Gasteiger partial charge in [-0.3, -0.25) is 14.2 Å². The smallest absolute Gasteiger partial charge is 0.264 e. The molecule has 3 rings (SSSR count). The third-order valence-corrected chi connectivity index (χ3v) is 4.25. The van der Waals surface area contributed by atoms with Crippen molar-refractivity contribution in [1.29, 1.82) is 0 Å². The van der Waals surface area contributed by atoms with E-state index in [1.165, 1.54) is 33.9 Å². The molecule has 0 saturated carbocycles. The van der Waals surface area contributed by atoms with Crippen molar-refractivity contribution in [2.45, 2.75) is 33.2 Å². The number of benzene rings is 1. The lowest BCUT2D eigenvalue weighted by molar-refractivity contribution is -0.121. The Labute approximate surface area is 155 Å². The number of aromatic nitrogens is 4. The highest BCUT2D eigenvalue weighted by Gasteiger charge is 2.12. The second-order valence-corrected chi connectivity index (χ2v) is 6.80. The lowest BCUT2D eigenvalue weighted by Crippen LogP contribution is -2.28. The maximum atomic E-state index is 13.1. The second-order valence-electron chi connectivity index (χ2n) is 6.80. The number of hydrogen-bond donors (Lipinski definition) is 1. The van der Waals surface area contributed by atoms with Crippen LogP contribution in [0.5, 0.6) is 0 Å². The molecule has 2 aromatic heterocycles. The number of nitrogens with one attached hydrogen (secondary N) is 1. The molecule has 0 atom stereocenters. The van der Waals surface area contributed by atoms with Crippen LogP contribution in [0.1, 0.15) is 26.7 Å². The van der Waals surface area contributed by atoms with Crippen LogP contribution >= 0.6 is 0 Å². The SMILES string of the molecule is CC(C)CCNC(=O)CCn1cnc2c(cnn2-c2ccc(F)cc2)c1=O. The van der Waals surface area contributed by atoms with Crippen LogP contribution in [-0.2, 0) is 11.3 Å². The first kappa shape index (κ1) is 18.8. The predicted octanol–water partition coefficient (Wildman–Crippen LogP) is 2.27. The van der Waals surface area contributed by atoms with Gasteiger partial charge in [0.2, 0.25) is 5.91 Å². The maximum Gasteiger partial charge on any atom is 0.264 e. The third kappa shape index (κ3) is 4.39. The summed E-state index contributed by atoms with van der Waals surface area (Å²) in [6.07, 6.45) is 3.97. The fourth-order valence-corrected chi connectivity index (χ4v) is 2.69. The Balaban J connectivity index is 1.74. The first-order valence-corrected chi connectivity index (χ1v) is 8.91. The summed E-state index contributed by atoms with van der Waals surface area (Å²) in [7, 11) is 0. The van der Waals surface area contributed by atoms with Crippen molar-refractivity contribution in [3.8, 4) is 5.69 Å². The Morgan fingerprint density at radius 2 is 2.00 bits per heavy atom. The minimum Gasteiger partial charge on any atom is -0.356 e. The van der Waals surface area contributed by atoms with E-state index in [1.807, 2.05) is 0 Å². The van der Waals surface area contributed by atoms with Crippen molar-refractivity contribution < 1.29 is 9.18 Å². The molecule has 0 fully saturated rings.